The molecule has 1 aliphatic carbocycles. The minimum atomic E-state index is 0.596. The number of rotatable bonds is 7. The van der Waals surface area contributed by atoms with Gasteiger partial charge in [0.05, 0.1) is 4.34 Å². The van der Waals surface area contributed by atoms with Crippen LogP contribution < -0.4 is 5.32 Å². The Kier molecular flexibility index (Phi) is 5.73. The summed E-state index contributed by atoms with van der Waals surface area (Å²) in [5.41, 5.74) is 0.596. The van der Waals surface area contributed by atoms with Crippen molar-refractivity contribution in [3.63, 3.8) is 0 Å². The van der Waals surface area contributed by atoms with Crippen LogP contribution in [0.1, 0.15) is 57.2 Å². The van der Waals surface area contributed by atoms with Gasteiger partial charge in [-0.1, -0.05) is 38.3 Å². The highest BCUT2D eigenvalue weighted by molar-refractivity contribution is 7.16. The topological polar surface area (TPSA) is 12.0 Å². The molecule has 1 aromatic heterocycles. The maximum Gasteiger partial charge on any atom is 0.0931 e. The van der Waals surface area contributed by atoms with E-state index in [0.29, 0.717) is 11.5 Å². The molecule has 3 heteroatoms. The van der Waals surface area contributed by atoms with Crippen LogP contribution in [0.15, 0.2) is 12.1 Å². The van der Waals surface area contributed by atoms with Gasteiger partial charge < -0.3 is 5.32 Å². The van der Waals surface area contributed by atoms with Crippen LogP contribution in [0.3, 0.4) is 0 Å². The largest absolute Gasteiger partial charge is 0.315 e. The highest BCUT2D eigenvalue weighted by Crippen LogP contribution is 2.45. The van der Waals surface area contributed by atoms with E-state index in [9.17, 15) is 0 Å². The second-order valence-corrected chi connectivity index (χ2v) is 8.07. The van der Waals surface area contributed by atoms with Crippen molar-refractivity contribution < 1.29 is 0 Å². The number of aryl methyl sites for hydroxylation is 1. The third-order valence-corrected chi connectivity index (χ3v) is 5.69. The van der Waals surface area contributed by atoms with E-state index in [1.165, 1.54) is 56.4 Å². The average molecular weight is 300 g/mol. The lowest BCUT2D eigenvalue weighted by atomic mass is 9.78. The second-order valence-electron chi connectivity index (χ2n) is 6.27. The Bertz CT molecular complexity index is 380. The van der Waals surface area contributed by atoms with Gasteiger partial charge in [-0.3, -0.25) is 0 Å². The lowest BCUT2D eigenvalue weighted by Gasteiger charge is -2.29. The first-order valence-corrected chi connectivity index (χ1v) is 8.77. The smallest absolute Gasteiger partial charge is 0.0931 e. The molecule has 1 nitrogen and oxygen atoms in total. The van der Waals surface area contributed by atoms with Gasteiger partial charge in [-0.05, 0) is 56.2 Å². The maximum atomic E-state index is 6.02. The molecule has 1 saturated carbocycles. The Labute approximate surface area is 126 Å². The summed E-state index contributed by atoms with van der Waals surface area (Å²) in [7, 11) is 0. The molecular formula is C16H26ClNS. The fraction of sp³-hybridized carbons (Fsp3) is 0.750. The molecule has 1 aliphatic rings. The van der Waals surface area contributed by atoms with Crippen molar-refractivity contribution in [2.75, 3.05) is 6.54 Å². The predicted octanol–water partition coefficient (Wildman–Crippen LogP) is 5.28. The van der Waals surface area contributed by atoms with Gasteiger partial charge in [-0.25, -0.2) is 0 Å². The molecule has 0 saturated heterocycles. The van der Waals surface area contributed by atoms with E-state index >= 15 is 0 Å². The van der Waals surface area contributed by atoms with Crippen molar-refractivity contribution in [3.8, 4) is 0 Å². The molecule has 0 radical (unpaired) electrons. The first-order chi connectivity index (χ1) is 9.10. The van der Waals surface area contributed by atoms with E-state index in [1.807, 2.05) is 6.07 Å². The van der Waals surface area contributed by atoms with Crippen LogP contribution in [0.5, 0.6) is 0 Å². The maximum absolute atomic E-state index is 6.02. The number of hydrogen-bond acceptors (Lipinski definition) is 2. The summed E-state index contributed by atoms with van der Waals surface area (Å²) in [4.78, 5) is 1.45. The minimum Gasteiger partial charge on any atom is -0.315 e. The molecule has 0 aromatic carbocycles. The fourth-order valence-corrected chi connectivity index (χ4v) is 4.34. The summed E-state index contributed by atoms with van der Waals surface area (Å²) < 4.78 is 0.928. The molecule has 1 fully saturated rings. The predicted molar refractivity (Wildman–Crippen MR) is 86.3 cm³/mol. The first kappa shape index (κ1) is 15.3. The van der Waals surface area contributed by atoms with E-state index in [0.717, 1.165) is 4.34 Å². The van der Waals surface area contributed by atoms with Gasteiger partial charge in [-0.2, -0.15) is 0 Å². The quantitative estimate of drug-likeness (QED) is 0.722. The van der Waals surface area contributed by atoms with Crippen molar-refractivity contribution in [3.05, 3.63) is 21.3 Å². The molecule has 0 aliphatic heterocycles. The molecular weight excluding hydrogens is 274 g/mol. The molecule has 0 amide bonds. The van der Waals surface area contributed by atoms with Crippen molar-refractivity contribution in [1.82, 2.24) is 5.32 Å². The van der Waals surface area contributed by atoms with Crippen LogP contribution in [0, 0.1) is 5.41 Å². The summed E-state index contributed by atoms with van der Waals surface area (Å²) in [5.74, 6) is 0. The summed E-state index contributed by atoms with van der Waals surface area (Å²) in [6.45, 7) is 5.63. The van der Waals surface area contributed by atoms with Gasteiger partial charge in [0, 0.05) is 10.9 Å². The number of nitrogens with one attached hydrogen (secondary N) is 1. The van der Waals surface area contributed by atoms with Gasteiger partial charge >= 0.3 is 0 Å². The van der Waals surface area contributed by atoms with Gasteiger partial charge in [0.15, 0.2) is 0 Å². The Morgan fingerprint density at radius 2 is 2.00 bits per heavy atom. The zero-order valence-corrected chi connectivity index (χ0v) is 13.7. The minimum absolute atomic E-state index is 0.596. The van der Waals surface area contributed by atoms with E-state index in [-0.39, 0.29) is 0 Å². The third-order valence-electron chi connectivity index (χ3n) is 4.40. The normalized spacial score (nSPS) is 18.3. The lowest BCUT2D eigenvalue weighted by molar-refractivity contribution is 0.243. The number of thiophene rings is 1. The van der Waals surface area contributed by atoms with E-state index in [4.69, 9.17) is 11.6 Å². The fourth-order valence-electron chi connectivity index (χ4n) is 3.25. The molecule has 19 heavy (non-hydrogen) atoms. The zero-order chi connectivity index (χ0) is 13.7. The third kappa shape index (κ3) is 4.77. The number of hydrogen-bond donors (Lipinski definition) is 1. The Morgan fingerprint density at radius 1 is 1.26 bits per heavy atom. The van der Waals surface area contributed by atoms with Crippen LogP contribution in [0.4, 0.5) is 0 Å². The molecule has 1 aromatic rings. The molecule has 0 spiro atoms. The van der Waals surface area contributed by atoms with Crippen LogP contribution >= 0.6 is 22.9 Å². The molecule has 1 heterocycles. The molecule has 1 N–H and O–H groups in total. The van der Waals surface area contributed by atoms with Crippen molar-refractivity contribution in [1.29, 1.82) is 0 Å². The first-order valence-electron chi connectivity index (χ1n) is 7.57. The Balaban J connectivity index is 1.84. The highest BCUT2D eigenvalue weighted by atomic mass is 35.5. The summed E-state index contributed by atoms with van der Waals surface area (Å²) in [6, 6.07) is 4.83. The van der Waals surface area contributed by atoms with E-state index in [2.05, 4.69) is 25.2 Å². The highest BCUT2D eigenvalue weighted by Gasteiger charge is 2.32. The summed E-state index contributed by atoms with van der Waals surface area (Å²) in [6.07, 6.45) is 9.57. The lowest BCUT2D eigenvalue weighted by Crippen LogP contribution is -2.29. The SMILES string of the molecule is CC(C)NCCC1(CCc2ccc(Cl)s2)CCCC1. The van der Waals surface area contributed by atoms with Crippen LogP contribution in [-0.2, 0) is 6.42 Å². The van der Waals surface area contributed by atoms with E-state index < -0.39 is 0 Å². The van der Waals surface area contributed by atoms with Crippen LogP contribution in [0.2, 0.25) is 4.34 Å². The van der Waals surface area contributed by atoms with Crippen LogP contribution in [0.25, 0.3) is 0 Å². The second kappa shape index (κ2) is 7.10. The Morgan fingerprint density at radius 3 is 2.58 bits per heavy atom. The summed E-state index contributed by atoms with van der Waals surface area (Å²) in [5, 5.41) is 3.58. The van der Waals surface area contributed by atoms with Gasteiger partial charge in [-0.15, -0.1) is 11.3 Å². The number of halogens is 1. The molecule has 108 valence electrons. The standard InChI is InChI=1S/C16H26ClNS/c1-13(2)18-12-11-16(8-3-4-9-16)10-7-14-5-6-15(17)19-14/h5-6,13,18H,3-4,7-12H2,1-2H3. The van der Waals surface area contributed by atoms with Gasteiger partial charge in [0.2, 0.25) is 0 Å². The van der Waals surface area contributed by atoms with Gasteiger partial charge in [0.25, 0.3) is 0 Å². The molecule has 2 rings (SSSR count). The monoisotopic (exact) mass is 299 g/mol. The van der Waals surface area contributed by atoms with Crippen LogP contribution in [-0.4, -0.2) is 12.6 Å². The van der Waals surface area contributed by atoms with Gasteiger partial charge in [0.1, 0.15) is 0 Å². The molecule has 0 atom stereocenters. The van der Waals surface area contributed by atoms with Crippen molar-refractivity contribution >= 4 is 22.9 Å². The molecule has 0 bridgehead atoms. The average Bonchev–Trinajstić information content (AvgIpc) is 2.96. The van der Waals surface area contributed by atoms with Crippen molar-refractivity contribution in [2.45, 2.75) is 64.8 Å². The Hall–Kier alpha value is -0.0500. The summed E-state index contributed by atoms with van der Waals surface area (Å²) >= 11 is 7.77. The van der Waals surface area contributed by atoms with E-state index in [1.54, 1.807) is 11.3 Å². The molecule has 0 unspecified atom stereocenters. The van der Waals surface area contributed by atoms with Crippen molar-refractivity contribution in [2.24, 2.45) is 5.41 Å². The zero-order valence-electron chi connectivity index (χ0n) is 12.2.